The number of rotatable bonds is 9. The van der Waals surface area contributed by atoms with Crippen LogP contribution in [-0.2, 0) is 25.5 Å². The molecule has 4 rings (SSSR count). The number of carbonyl (C=O) groups is 3. The SMILES string of the molecule is COc1ccc(CCN2C(=O)C(CC(=O)Nc3ccc(C(C)C)cc3)OC3CN(C(=O)OC(C)(C)C)CC32)cc1OC. The number of benzene rings is 2. The van der Waals surface area contributed by atoms with Crippen molar-refractivity contribution in [2.75, 3.05) is 39.2 Å². The minimum absolute atomic E-state index is 0.132. The van der Waals surface area contributed by atoms with E-state index in [1.54, 1.807) is 24.0 Å². The lowest BCUT2D eigenvalue weighted by Crippen LogP contribution is -2.59. The average molecular weight is 582 g/mol. The van der Waals surface area contributed by atoms with Gasteiger partial charge in [0.2, 0.25) is 5.91 Å². The third-order valence-electron chi connectivity index (χ3n) is 7.51. The lowest BCUT2D eigenvalue weighted by molar-refractivity contribution is -0.168. The number of hydrogen-bond donors (Lipinski definition) is 1. The smallest absolute Gasteiger partial charge is 0.410 e. The van der Waals surface area contributed by atoms with Crippen molar-refractivity contribution >= 4 is 23.6 Å². The highest BCUT2D eigenvalue weighted by atomic mass is 16.6. The molecule has 2 aromatic carbocycles. The van der Waals surface area contributed by atoms with Gasteiger partial charge in [0.25, 0.3) is 5.91 Å². The van der Waals surface area contributed by atoms with Crippen molar-refractivity contribution in [3.63, 3.8) is 0 Å². The van der Waals surface area contributed by atoms with Crippen molar-refractivity contribution in [1.82, 2.24) is 9.80 Å². The van der Waals surface area contributed by atoms with Crippen LogP contribution in [0.4, 0.5) is 10.5 Å². The van der Waals surface area contributed by atoms with Crippen LogP contribution in [0.15, 0.2) is 42.5 Å². The topological polar surface area (TPSA) is 107 Å². The molecule has 2 aromatic rings. The summed E-state index contributed by atoms with van der Waals surface area (Å²) in [4.78, 5) is 43.0. The molecule has 10 nitrogen and oxygen atoms in total. The zero-order chi connectivity index (χ0) is 30.6. The van der Waals surface area contributed by atoms with Crippen LogP contribution in [-0.4, -0.2) is 85.4 Å². The van der Waals surface area contributed by atoms with E-state index in [0.717, 1.165) is 5.56 Å². The Bertz CT molecular complexity index is 1270. The van der Waals surface area contributed by atoms with E-state index in [0.29, 0.717) is 42.6 Å². The highest BCUT2D eigenvalue weighted by molar-refractivity contribution is 5.95. The molecule has 0 radical (unpaired) electrons. The van der Waals surface area contributed by atoms with Crippen molar-refractivity contribution in [3.8, 4) is 11.5 Å². The minimum Gasteiger partial charge on any atom is -0.493 e. The Morgan fingerprint density at radius 3 is 2.33 bits per heavy atom. The Balaban J connectivity index is 1.49. The van der Waals surface area contributed by atoms with Crippen molar-refractivity contribution in [1.29, 1.82) is 0 Å². The summed E-state index contributed by atoms with van der Waals surface area (Å²) in [6.45, 7) is 10.6. The summed E-state index contributed by atoms with van der Waals surface area (Å²) < 4.78 is 22.6. The molecule has 3 unspecified atom stereocenters. The van der Waals surface area contributed by atoms with Crippen molar-refractivity contribution < 1.29 is 33.3 Å². The van der Waals surface area contributed by atoms with Gasteiger partial charge < -0.3 is 34.1 Å². The zero-order valence-corrected chi connectivity index (χ0v) is 25.6. The van der Waals surface area contributed by atoms with Crippen LogP contribution in [0.2, 0.25) is 0 Å². The van der Waals surface area contributed by atoms with Gasteiger partial charge >= 0.3 is 6.09 Å². The van der Waals surface area contributed by atoms with Gasteiger partial charge in [0.15, 0.2) is 11.5 Å². The van der Waals surface area contributed by atoms with E-state index in [2.05, 4.69) is 19.2 Å². The first kappa shape index (κ1) is 31.2. The van der Waals surface area contributed by atoms with Gasteiger partial charge in [-0.1, -0.05) is 32.0 Å². The maximum absolute atomic E-state index is 13.8. The second-order valence-corrected chi connectivity index (χ2v) is 12.1. The summed E-state index contributed by atoms with van der Waals surface area (Å²) in [5.74, 6) is 1.03. The standard InChI is InChI=1S/C32H43N3O7/c1-20(2)22-9-11-23(12-10-22)33-29(36)17-27-30(37)35(15-14-21-8-13-25(39-6)26(16-21)40-7)24-18-34(19-28(24)41-27)31(38)42-32(3,4)5/h8-13,16,20,24,27-28H,14-15,17-19H2,1-7H3,(H,33,36). The molecule has 228 valence electrons. The normalized spacial score (nSPS) is 20.4. The third-order valence-corrected chi connectivity index (χ3v) is 7.51. The monoisotopic (exact) mass is 581 g/mol. The van der Waals surface area contributed by atoms with Gasteiger partial charge in [-0.05, 0) is 68.5 Å². The molecule has 2 heterocycles. The largest absolute Gasteiger partial charge is 0.493 e. The Hall–Kier alpha value is -3.79. The lowest BCUT2D eigenvalue weighted by atomic mass is 10.0. The maximum atomic E-state index is 13.8. The highest BCUT2D eigenvalue weighted by Crippen LogP contribution is 2.31. The van der Waals surface area contributed by atoms with Gasteiger partial charge in [-0.2, -0.15) is 0 Å². The molecule has 1 N–H and O–H groups in total. The summed E-state index contributed by atoms with van der Waals surface area (Å²) in [6, 6.07) is 13.0. The Labute approximate surface area is 248 Å². The van der Waals surface area contributed by atoms with Crippen molar-refractivity contribution in [2.45, 2.75) is 77.2 Å². The zero-order valence-electron chi connectivity index (χ0n) is 25.6. The molecule has 0 saturated carbocycles. The van der Waals surface area contributed by atoms with Crippen LogP contribution < -0.4 is 14.8 Å². The van der Waals surface area contributed by atoms with Crippen molar-refractivity contribution in [3.05, 3.63) is 53.6 Å². The number of amides is 3. The van der Waals surface area contributed by atoms with E-state index in [1.165, 1.54) is 5.56 Å². The summed E-state index contributed by atoms with van der Waals surface area (Å²) >= 11 is 0. The third kappa shape index (κ3) is 7.53. The van der Waals surface area contributed by atoms with E-state index in [9.17, 15) is 14.4 Å². The number of likely N-dealkylation sites (tertiary alicyclic amines) is 1. The fourth-order valence-corrected chi connectivity index (χ4v) is 5.31. The number of anilines is 1. The molecule has 10 heteroatoms. The van der Waals surface area contributed by atoms with E-state index in [4.69, 9.17) is 18.9 Å². The number of carbonyl (C=O) groups excluding carboxylic acids is 3. The Morgan fingerprint density at radius 1 is 1.02 bits per heavy atom. The molecule has 0 aromatic heterocycles. The van der Waals surface area contributed by atoms with E-state index >= 15 is 0 Å². The molecule has 2 aliphatic rings. The number of nitrogens with zero attached hydrogens (tertiary/aromatic N) is 2. The number of fused-ring (bicyclic) bond motifs is 1. The second kappa shape index (κ2) is 13.0. The van der Waals surface area contributed by atoms with Gasteiger partial charge in [0.05, 0.1) is 39.3 Å². The summed E-state index contributed by atoms with van der Waals surface area (Å²) in [5, 5.41) is 2.88. The summed E-state index contributed by atoms with van der Waals surface area (Å²) in [5.41, 5.74) is 2.14. The van der Waals surface area contributed by atoms with Crippen LogP contribution in [0.1, 0.15) is 58.1 Å². The minimum atomic E-state index is -0.967. The van der Waals surface area contributed by atoms with Gasteiger partial charge in [-0.25, -0.2) is 4.79 Å². The second-order valence-electron chi connectivity index (χ2n) is 12.1. The summed E-state index contributed by atoms with van der Waals surface area (Å²) in [7, 11) is 3.16. The lowest BCUT2D eigenvalue weighted by Gasteiger charge is -2.40. The van der Waals surface area contributed by atoms with Crippen LogP contribution >= 0.6 is 0 Å². The van der Waals surface area contributed by atoms with Gasteiger partial charge in [-0.15, -0.1) is 0 Å². The molecule has 0 bridgehead atoms. The number of nitrogens with one attached hydrogen (secondary N) is 1. The first-order valence-corrected chi connectivity index (χ1v) is 14.4. The van der Waals surface area contributed by atoms with Gasteiger partial charge in [-0.3, -0.25) is 9.59 Å². The fourth-order valence-electron chi connectivity index (χ4n) is 5.31. The molecular weight excluding hydrogens is 538 g/mol. The van der Waals surface area contributed by atoms with E-state index in [-0.39, 0.29) is 30.8 Å². The molecule has 42 heavy (non-hydrogen) atoms. The predicted octanol–water partition coefficient (Wildman–Crippen LogP) is 4.61. The van der Waals surface area contributed by atoms with Crippen LogP contribution in [0.25, 0.3) is 0 Å². The number of ether oxygens (including phenoxy) is 4. The molecule has 0 spiro atoms. The molecule has 2 saturated heterocycles. The fraction of sp³-hybridized carbons (Fsp3) is 0.531. The number of morpholine rings is 1. The van der Waals surface area contributed by atoms with Gasteiger partial charge in [0.1, 0.15) is 11.7 Å². The van der Waals surface area contributed by atoms with E-state index in [1.807, 2.05) is 63.2 Å². The molecule has 2 fully saturated rings. The molecule has 2 aliphatic heterocycles. The summed E-state index contributed by atoms with van der Waals surface area (Å²) in [6.07, 6.45) is -1.45. The van der Waals surface area contributed by atoms with Crippen LogP contribution in [0.5, 0.6) is 11.5 Å². The first-order chi connectivity index (χ1) is 19.9. The maximum Gasteiger partial charge on any atom is 0.410 e. The van der Waals surface area contributed by atoms with Crippen LogP contribution in [0, 0.1) is 0 Å². The average Bonchev–Trinajstić information content (AvgIpc) is 3.36. The predicted molar refractivity (Wildman–Crippen MR) is 159 cm³/mol. The Morgan fingerprint density at radius 2 is 1.71 bits per heavy atom. The quantitative estimate of drug-likeness (QED) is 0.461. The highest BCUT2D eigenvalue weighted by Gasteiger charge is 2.49. The van der Waals surface area contributed by atoms with Crippen molar-refractivity contribution in [2.24, 2.45) is 0 Å². The van der Waals surface area contributed by atoms with E-state index < -0.39 is 23.9 Å². The first-order valence-electron chi connectivity index (χ1n) is 14.4. The Kier molecular flexibility index (Phi) is 9.66. The molecule has 3 atom stereocenters. The number of hydrogen-bond acceptors (Lipinski definition) is 7. The molecular formula is C32H43N3O7. The van der Waals surface area contributed by atoms with Crippen LogP contribution in [0.3, 0.4) is 0 Å². The molecule has 0 aliphatic carbocycles. The van der Waals surface area contributed by atoms with Gasteiger partial charge in [0, 0.05) is 18.8 Å². The number of methoxy groups -OCH3 is 2. The molecule has 3 amide bonds.